The molecule has 2 fully saturated rings. The molecule has 1 N–H and O–H groups in total. The Balaban J connectivity index is 1.44. The Morgan fingerprint density at radius 2 is 1.79 bits per heavy atom. The molecule has 39 heavy (non-hydrogen) atoms. The highest BCUT2D eigenvalue weighted by molar-refractivity contribution is 7.88. The molecule has 1 aromatic carbocycles. The van der Waals surface area contributed by atoms with E-state index in [9.17, 15) is 18.0 Å². The summed E-state index contributed by atoms with van der Waals surface area (Å²) in [6, 6.07) is 2.31. The molecule has 0 spiro atoms. The fourth-order valence-electron chi connectivity index (χ4n) is 6.03. The van der Waals surface area contributed by atoms with Crippen LogP contribution in [-0.2, 0) is 23.0 Å². The monoisotopic (exact) mass is 563 g/mol. The highest BCUT2D eigenvalue weighted by Crippen LogP contribution is 2.32. The van der Waals surface area contributed by atoms with Crippen LogP contribution < -0.4 is 15.7 Å². The smallest absolute Gasteiger partial charge is 0.350 e. The zero-order chi connectivity index (χ0) is 27.7. The quantitative estimate of drug-likeness (QED) is 0.554. The molecular formula is C27H38FN5O5S. The minimum absolute atomic E-state index is 0.0363. The van der Waals surface area contributed by atoms with Crippen molar-refractivity contribution in [1.29, 1.82) is 0 Å². The van der Waals surface area contributed by atoms with E-state index >= 15 is 4.39 Å². The van der Waals surface area contributed by atoms with Crippen LogP contribution in [0, 0.1) is 11.7 Å². The Bertz CT molecular complexity index is 1370. The Morgan fingerprint density at radius 3 is 2.46 bits per heavy atom. The maximum Gasteiger partial charge on any atom is 0.350 e. The molecule has 5 rings (SSSR count). The van der Waals surface area contributed by atoms with Gasteiger partial charge in [-0.3, -0.25) is 9.36 Å². The summed E-state index contributed by atoms with van der Waals surface area (Å²) in [5.74, 6) is -0.0478. The van der Waals surface area contributed by atoms with Crippen LogP contribution in [0.2, 0.25) is 0 Å². The summed E-state index contributed by atoms with van der Waals surface area (Å²) in [7, 11) is -3.29. The van der Waals surface area contributed by atoms with Gasteiger partial charge in [-0.05, 0) is 57.4 Å². The summed E-state index contributed by atoms with van der Waals surface area (Å²) >= 11 is 0. The minimum Gasteiger partial charge on any atom is -0.490 e. The maximum absolute atomic E-state index is 15.6. The fraction of sp³-hybridized carbons (Fsp3) is 0.667. The number of aromatic nitrogens is 3. The molecule has 3 aliphatic rings. The van der Waals surface area contributed by atoms with Crippen molar-refractivity contribution < 1.29 is 22.3 Å². The Labute approximate surface area is 228 Å². The Kier molecular flexibility index (Phi) is 8.14. The first kappa shape index (κ1) is 27.8. The van der Waals surface area contributed by atoms with E-state index in [1.54, 1.807) is 4.57 Å². The normalized spacial score (nSPS) is 20.4. The number of hydrogen-bond donors (Lipinski definition) is 1. The minimum atomic E-state index is -3.29. The lowest BCUT2D eigenvalue weighted by atomic mass is 9.86. The topological polar surface area (TPSA) is 116 Å². The van der Waals surface area contributed by atoms with E-state index in [0.29, 0.717) is 50.6 Å². The van der Waals surface area contributed by atoms with Gasteiger partial charge >= 0.3 is 5.69 Å². The third kappa shape index (κ3) is 6.06. The van der Waals surface area contributed by atoms with Crippen LogP contribution in [0.15, 0.2) is 16.9 Å². The van der Waals surface area contributed by atoms with Crippen molar-refractivity contribution in [1.82, 2.24) is 24.0 Å². The third-order valence-corrected chi connectivity index (χ3v) is 9.68. The van der Waals surface area contributed by atoms with Gasteiger partial charge in [0.05, 0.1) is 17.9 Å². The van der Waals surface area contributed by atoms with Gasteiger partial charge in [0.2, 0.25) is 10.0 Å². The molecule has 2 aliphatic heterocycles. The predicted octanol–water partition coefficient (Wildman–Crippen LogP) is 3.01. The summed E-state index contributed by atoms with van der Waals surface area (Å²) < 4.78 is 49.6. The molecule has 1 aromatic heterocycles. The number of aryl methyl sites for hydroxylation is 1. The van der Waals surface area contributed by atoms with Crippen molar-refractivity contribution >= 4 is 15.9 Å². The molecule has 1 aliphatic carbocycles. The van der Waals surface area contributed by atoms with E-state index in [2.05, 4.69) is 10.4 Å². The second-order valence-electron chi connectivity index (χ2n) is 11.1. The second-order valence-corrected chi connectivity index (χ2v) is 13.1. The Hall–Kier alpha value is -2.73. The summed E-state index contributed by atoms with van der Waals surface area (Å²) in [6.07, 6.45) is 9.87. The van der Waals surface area contributed by atoms with Crippen molar-refractivity contribution in [3.05, 3.63) is 39.8 Å². The van der Waals surface area contributed by atoms with Crippen molar-refractivity contribution in [2.75, 3.05) is 19.3 Å². The first-order chi connectivity index (χ1) is 18.6. The average molecular weight is 564 g/mol. The van der Waals surface area contributed by atoms with Gasteiger partial charge < -0.3 is 10.1 Å². The predicted molar refractivity (Wildman–Crippen MR) is 144 cm³/mol. The van der Waals surface area contributed by atoms with Crippen LogP contribution in [0.4, 0.5) is 4.39 Å². The number of hydrogen-bond acceptors (Lipinski definition) is 6. The molecule has 1 saturated carbocycles. The number of carbonyl (C=O) groups is 1. The van der Waals surface area contributed by atoms with Crippen molar-refractivity contribution in [3.63, 3.8) is 0 Å². The van der Waals surface area contributed by atoms with E-state index < -0.39 is 27.4 Å². The van der Waals surface area contributed by atoms with Crippen LogP contribution >= 0.6 is 0 Å². The van der Waals surface area contributed by atoms with E-state index in [4.69, 9.17) is 4.74 Å². The summed E-state index contributed by atoms with van der Waals surface area (Å²) in [5.41, 5.74) is -0.378. The van der Waals surface area contributed by atoms with Crippen molar-refractivity contribution in [2.45, 2.75) is 89.8 Å². The lowest BCUT2D eigenvalue weighted by Gasteiger charge is -2.31. The summed E-state index contributed by atoms with van der Waals surface area (Å²) in [5, 5.41) is 7.35. The number of amides is 1. The summed E-state index contributed by atoms with van der Waals surface area (Å²) in [4.78, 5) is 26.5. The standard InChI is InChI=1S/C27H38FN5O5S/c1-18(19-8-4-3-5-9-19)38-24-17-23(33-27(35)32-13-7-6-10-25(32)30-33)22(28)16-21(24)26(34)29-20-11-14-31(15-12-20)39(2,36)37/h16-20H,3-15H2,1-2H3,(H,29,34)/t18-/m0/s1. The largest absolute Gasteiger partial charge is 0.490 e. The van der Waals surface area contributed by atoms with Crippen LogP contribution in [-0.4, -0.2) is 64.5 Å². The molecule has 0 radical (unpaired) electrons. The molecule has 1 amide bonds. The van der Waals surface area contributed by atoms with Gasteiger partial charge in [-0.15, -0.1) is 5.10 Å². The summed E-state index contributed by atoms with van der Waals surface area (Å²) in [6.45, 7) is 3.15. The molecular weight excluding hydrogens is 525 g/mol. The van der Waals surface area contributed by atoms with E-state index in [1.807, 2.05) is 6.92 Å². The zero-order valence-electron chi connectivity index (χ0n) is 22.7. The SMILES string of the molecule is C[C@H](Oc1cc(-n2nc3n(c2=O)CCCC3)c(F)cc1C(=O)NC1CCN(S(C)(=O)=O)CC1)C1CCCCC1. The lowest BCUT2D eigenvalue weighted by molar-refractivity contribution is 0.0903. The molecule has 0 unspecified atom stereocenters. The van der Waals surface area contributed by atoms with Crippen molar-refractivity contribution in [3.8, 4) is 11.4 Å². The van der Waals surface area contributed by atoms with Crippen LogP contribution in [0.1, 0.15) is 80.9 Å². The lowest BCUT2D eigenvalue weighted by Crippen LogP contribution is -2.46. The first-order valence-electron chi connectivity index (χ1n) is 14.1. The molecule has 0 bridgehead atoms. The fourth-order valence-corrected chi connectivity index (χ4v) is 6.91. The first-order valence-corrected chi connectivity index (χ1v) is 15.9. The number of fused-ring (bicyclic) bond motifs is 1. The molecule has 3 heterocycles. The van der Waals surface area contributed by atoms with Crippen LogP contribution in [0.5, 0.6) is 5.75 Å². The van der Waals surface area contributed by atoms with Gasteiger partial charge in [0, 0.05) is 38.2 Å². The second kappa shape index (κ2) is 11.4. The molecule has 12 heteroatoms. The number of ether oxygens (including phenoxy) is 1. The number of halogens is 1. The number of carbonyl (C=O) groups excluding carboxylic acids is 1. The van der Waals surface area contributed by atoms with E-state index in [0.717, 1.165) is 49.3 Å². The number of benzene rings is 1. The maximum atomic E-state index is 15.6. The molecule has 10 nitrogen and oxygen atoms in total. The van der Waals surface area contributed by atoms with Gasteiger partial charge in [-0.2, -0.15) is 4.68 Å². The van der Waals surface area contributed by atoms with E-state index in [-0.39, 0.29) is 29.1 Å². The number of sulfonamides is 1. The molecule has 1 atom stereocenters. The van der Waals surface area contributed by atoms with Gasteiger partial charge in [-0.25, -0.2) is 21.9 Å². The van der Waals surface area contributed by atoms with Crippen LogP contribution in [0.25, 0.3) is 5.69 Å². The number of piperidine rings is 1. The van der Waals surface area contributed by atoms with Gasteiger partial charge in [0.15, 0.2) is 0 Å². The molecule has 2 aromatic rings. The van der Waals surface area contributed by atoms with Crippen molar-refractivity contribution in [2.24, 2.45) is 5.92 Å². The molecule has 1 saturated heterocycles. The highest BCUT2D eigenvalue weighted by Gasteiger charge is 2.30. The van der Waals surface area contributed by atoms with Gasteiger partial charge in [0.1, 0.15) is 23.1 Å². The Morgan fingerprint density at radius 1 is 1.08 bits per heavy atom. The number of nitrogens with zero attached hydrogens (tertiary/aromatic N) is 4. The van der Waals surface area contributed by atoms with Gasteiger partial charge in [0.25, 0.3) is 5.91 Å². The van der Waals surface area contributed by atoms with E-state index in [1.165, 1.54) is 23.0 Å². The number of rotatable bonds is 7. The third-order valence-electron chi connectivity index (χ3n) is 8.38. The zero-order valence-corrected chi connectivity index (χ0v) is 23.5. The average Bonchev–Trinajstić information content (AvgIpc) is 3.25. The molecule has 214 valence electrons. The van der Waals surface area contributed by atoms with Gasteiger partial charge in [-0.1, -0.05) is 19.3 Å². The van der Waals surface area contributed by atoms with Crippen LogP contribution in [0.3, 0.4) is 0 Å². The highest BCUT2D eigenvalue weighted by atomic mass is 32.2. The number of nitrogens with one attached hydrogen (secondary N) is 1.